The lowest BCUT2D eigenvalue weighted by molar-refractivity contribution is -0.155. The first-order chi connectivity index (χ1) is 31.9. The number of aromatic hydroxyl groups is 1. The molecule has 7 rings (SSSR count). The molecule has 4 amide bonds. The SMILES string of the molecule is CCn1c(-c2cnccc2COC)c2c3cc(ccc31)-c1cc(O)cc(c1)C[C@H](NC(=O)[C@H](C(C)C)N(C)C(=O)CN(C)C(=O)[C@@H]1N[C@H]1COC)C(=O)N1CCC[C@H](N1)C(=O)OCC(C)(C)C2. The Balaban J connectivity index is 1.27. The quantitative estimate of drug-likeness (QED) is 0.112. The summed E-state index contributed by atoms with van der Waals surface area (Å²) in [7, 11) is 6.28. The van der Waals surface area contributed by atoms with Crippen LogP contribution < -0.4 is 16.1 Å². The van der Waals surface area contributed by atoms with E-state index in [-0.39, 0.29) is 43.8 Å². The number of amides is 4. The second-order valence-corrected chi connectivity index (χ2v) is 19.3. The third-order valence-corrected chi connectivity index (χ3v) is 13.1. The van der Waals surface area contributed by atoms with Crippen molar-refractivity contribution in [1.29, 1.82) is 0 Å². The van der Waals surface area contributed by atoms with E-state index in [1.807, 2.05) is 24.4 Å². The topological polar surface area (TPSA) is 207 Å². The summed E-state index contributed by atoms with van der Waals surface area (Å²) in [6, 6.07) is 9.73. The summed E-state index contributed by atoms with van der Waals surface area (Å²) in [6.07, 6.45) is 5.07. The fraction of sp³-hybridized carbons (Fsp3) is 0.520. The summed E-state index contributed by atoms with van der Waals surface area (Å²) in [6.45, 7) is 11.4. The molecule has 67 heavy (non-hydrogen) atoms. The molecule has 17 heteroatoms. The van der Waals surface area contributed by atoms with Gasteiger partial charge < -0.3 is 39.0 Å². The van der Waals surface area contributed by atoms with Crippen molar-refractivity contribution < 1.29 is 43.3 Å². The highest BCUT2D eigenvalue weighted by atomic mass is 16.5. The van der Waals surface area contributed by atoms with Crippen LogP contribution in [0.4, 0.5) is 0 Å². The molecule has 17 nitrogen and oxygen atoms in total. The molecule has 2 saturated heterocycles. The number of hydrogen-bond donors (Lipinski definition) is 4. The number of carbonyl (C=O) groups excluding carboxylic acids is 5. The van der Waals surface area contributed by atoms with Crippen molar-refractivity contribution in [3.8, 4) is 28.1 Å². The number of carbonyl (C=O) groups is 5. The number of phenolic OH excluding ortho intramolecular Hbond substituents is 1. The Morgan fingerprint density at radius 2 is 1.84 bits per heavy atom. The number of esters is 1. The van der Waals surface area contributed by atoms with Crippen LogP contribution in [-0.4, -0.2) is 144 Å². The van der Waals surface area contributed by atoms with Crippen LogP contribution in [0.25, 0.3) is 33.3 Å². The number of ether oxygens (including phenoxy) is 3. The smallest absolute Gasteiger partial charge is 0.324 e. The molecular weight excluding hydrogens is 857 g/mol. The summed E-state index contributed by atoms with van der Waals surface area (Å²) in [5.74, 6) is -2.69. The van der Waals surface area contributed by atoms with Crippen LogP contribution in [0.1, 0.15) is 64.2 Å². The van der Waals surface area contributed by atoms with Gasteiger partial charge in [-0.3, -0.25) is 39.3 Å². The van der Waals surface area contributed by atoms with Gasteiger partial charge in [0.2, 0.25) is 17.7 Å². The van der Waals surface area contributed by atoms with E-state index in [0.717, 1.165) is 38.9 Å². The lowest BCUT2D eigenvalue weighted by atomic mass is 9.84. The lowest BCUT2D eigenvalue weighted by Crippen LogP contribution is -2.62. The number of cyclic esters (lactones) is 1. The summed E-state index contributed by atoms with van der Waals surface area (Å²) >= 11 is 0. The van der Waals surface area contributed by atoms with Crippen LogP contribution in [-0.2, 0) is 64.2 Å². The number of methoxy groups -OCH3 is 2. The fourth-order valence-electron chi connectivity index (χ4n) is 9.64. The average Bonchev–Trinajstić information content (AvgIpc) is 4.00. The predicted octanol–water partition coefficient (Wildman–Crippen LogP) is 3.82. The lowest BCUT2D eigenvalue weighted by Gasteiger charge is -2.37. The third-order valence-electron chi connectivity index (χ3n) is 13.1. The van der Waals surface area contributed by atoms with E-state index in [4.69, 9.17) is 14.2 Å². The molecule has 2 fully saturated rings. The van der Waals surface area contributed by atoms with Gasteiger partial charge in [-0.15, -0.1) is 0 Å². The second kappa shape index (κ2) is 20.6. The van der Waals surface area contributed by atoms with Crippen molar-refractivity contribution in [2.45, 2.75) is 104 Å². The number of fused-ring (bicyclic) bond motifs is 6. The van der Waals surface area contributed by atoms with Crippen molar-refractivity contribution in [2.24, 2.45) is 11.3 Å². The molecule has 0 spiro atoms. The number of rotatable bonds is 13. The van der Waals surface area contributed by atoms with Gasteiger partial charge in [0.05, 0.1) is 38.1 Å². The Morgan fingerprint density at radius 3 is 2.55 bits per heavy atom. The van der Waals surface area contributed by atoms with Crippen LogP contribution in [0, 0.1) is 11.3 Å². The number of benzene rings is 2. The van der Waals surface area contributed by atoms with Gasteiger partial charge in [-0.05, 0) is 90.3 Å². The fourth-order valence-corrected chi connectivity index (χ4v) is 9.64. The zero-order chi connectivity index (χ0) is 48.3. The van der Waals surface area contributed by atoms with Gasteiger partial charge in [-0.2, -0.15) is 0 Å². The molecule has 0 radical (unpaired) electrons. The first-order valence-corrected chi connectivity index (χ1v) is 23.2. The molecule has 0 unspecified atom stereocenters. The van der Waals surface area contributed by atoms with E-state index in [9.17, 15) is 29.1 Å². The van der Waals surface area contributed by atoms with Gasteiger partial charge >= 0.3 is 5.97 Å². The summed E-state index contributed by atoms with van der Waals surface area (Å²) in [5, 5.41) is 19.7. The van der Waals surface area contributed by atoms with E-state index in [1.54, 1.807) is 53.4 Å². The van der Waals surface area contributed by atoms with Crippen LogP contribution in [0.5, 0.6) is 5.75 Å². The molecule has 6 bridgehead atoms. The van der Waals surface area contributed by atoms with Crippen LogP contribution in [0.2, 0.25) is 0 Å². The molecule has 360 valence electrons. The first kappa shape index (κ1) is 49.0. The van der Waals surface area contributed by atoms with E-state index < -0.39 is 59.2 Å². The molecule has 5 heterocycles. The van der Waals surface area contributed by atoms with Gasteiger partial charge in [-0.25, -0.2) is 5.43 Å². The Kier molecular flexibility index (Phi) is 15.0. The first-order valence-electron chi connectivity index (χ1n) is 23.2. The maximum atomic E-state index is 14.7. The van der Waals surface area contributed by atoms with Gasteiger partial charge in [0.25, 0.3) is 5.91 Å². The molecule has 3 aliphatic rings. The molecule has 0 aliphatic carbocycles. The Bertz CT molecular complexity index is 2500. The number of likely N-dealkylation sites (N-methyl/N-ethyl adjacent to an activating group) is 2. The number of hydrogen-bond acceptors (Lipinski definition) is 12. The number of aryl methyl sites for hydroxylation is 1. The molecule has 4 N–H and O–H groups in total. The normalized spacial score (nSPS) is 21.1. The van der Waals surface area contributed by atoms with Crippen molar-refractivity contribution in [2.75, 3.05) is 54.6 Å². The van der Waals surface area contributed by atoms with Gasteiger partial charge in [0.15, 0.2) is 0 Å². The summed E-state index contributed by atoms with van der Waals surface area (Å²) < 4.78 is 19.1. The van der Waals surface area contributed by atoms with Gasteiger partial charge in [0, 0.05) is 82.1 Å². The summed E-state index contributed by atoms with van der Waals surface area (Å²) in [5.41, 5.74) is 9.64. The highest BCUT2D eigenvalue weighted by molar-refractivity contribution is 5.96. The van der Waals surface area contributed by atoms with Crippen LogP contribution in [0.15, 0.2) is 54.9 Å². The third kappa shape index (κ3) is 10.8. The monoisotopic (exact) mass is 922 g/mol. The number of hydrazine groups is 1. The minimum atomic E-state index is -1.19. The largest absolute Gasteiger partial charge is 0.508 e. The number of pyridine rings is 1. The molecule has 5 atom stereocenters. The zero-order valence-electron chi connectivity index (χ0n) is 40.2. The summed E-state index contributed by atoms with van der Waals surface area (Å²) in [4.78, 5) is 77.0. The standard InChI is InChI=1S/C50H66N8O9/c1-10-57-41-14-13-31-22-35(41)36(45(57)37-24-51-16-15-32(37)26-65-8)23-50(4,5)28-67-49(64)38-12-11-17-58(54-38)47(62)39(20-30-18-33(31)21-34(59)19-30)53-46(61)44(29(2)3)56(7)42(60)25-55(6)48(63)43-40(52-43)27-66-9/h13-16,18-19,21-22,24,29,38-40,43-44,52,54,59H,10-12,17,20,23,25-28H2,1-9H3,(H,53,61)/t38-,39-,40-,43+,44-/m0/s1. The van der Waals surface area contributed by atoms with Crippen molar-refractivity contribution in [1.82, 2.24) is 40.4 Å². The molecule has 0 saturated carbocycles. The highest BCUT2D eigenvalue weighted by Gasteiger charge is 2.44. The molecule has 2 aromatic carbocycles. The minimum Gasteiger partial charge on any atom is -0.508 e. The maximum Gasteiger partial charge on any atom is 0.324 e. The average molecular weight is 923 g/mol. The van der Waals surface area contributed by atoms with Crippen molar-refractivity contribution >= 4 is 40.5 Å². The van der Waals surface area contributed by atoms with E-state index >= 15 is 0 Å². The Hall–Kier alpha value is -5.88. The minimum absolute atomic E-state index is 0.0230. The number of aromatic nitrogens is 2. The maximum absolute atomic E-state index is 14.7. The second-order valence-electron chi connectivity index (χ2n) is 19.3. The van der Waals surface area contributed by atoms with Gasteiger partial charge in [-0.1, -0.05) is 39.8 Å². The van der Waals surface area contributed by atoms with Crippen LogP contribution in [0.3, 0.4) is 0 Å². The van der Waals surface area contributed by atoms with Crippen molar-refractivity contribution in [3.05, 3.63) is 71.5 Å². The zero-order valence-corrected chi connectivity index (χ0v) is 40.2. The van der Waals surface area contributed by atoms with E-state index in [1.165, 1.54) is 21.9 Å². The highest BCUT2D eigenvalue weighted by Crippen LogP contribution is 2.41. The molecule has 2 aromatic heterocycles. The molecule has 4 aromatic rings. The van der Waals surface area contributed by atoms with E-state index in [0.29, 0.717) is 50.1 Å². The Morgan fingerprint density at radius 1 is 1.06 bits per heavy atom. The predicted molar refractivity (Wildman–Crippen MR) is 252 cm³/mol. The number of nitrogens with zero attached hydrogens (tertiary/aromatic N) is 5. The Labute approximate surface area is 392 Å². The number of nitrogens with one attached hydrogen (secondary N) is 3. The molecule has 3 aliphatic heterocycles. The van der Waals surface area contributed by atoms with Gasteiger partial charge in [0.1, 0.15) is 29.9 Å². The van der Waals surface area contributed by atoms with E-state index in [2.05, 4.69) is 58.5 Å². The van der Waals surface area contributed by atoms with Crippen molar-refractivity contribution in [3.63, 3.8) is 0 Å². The number of phenols is 1. The van der Waals surface area contributed by atoms with Crippen LogP contribution >= 0.6 is 0 Å². The molecular formula is C50H66N8O9.